The maximum atomic E-state index is 13.2. The van der Waals surface area contributed by atoms with E-state index in [9.17, 15) is 24.5 Å². The lowest BCUT2D eigenvalue weighted by Crippen LogP contribution is -2.45. The van der Waals surface area contributed by atoms with Crippen molar-refractivity contribution >= 4 is 23.5 Å². The molecule has 0 bridgehead atoms. The quantitative estimate of drug-likeness (QED) is 0.373. The van der Waals surface area contributed by atoms with E-state index in [0.29, 0.717) is 12.3 Å². The van der Waals surface area contributed by atoms with Gasteiger partial charge in [-0.25, -0.2) is 4.79 Å². The molecule has 1 unspecified atom stereocenters. The first-order valence-electron chi connectivity index (χ1n) is 10.5. The van der Waals surface area contributed by atoms with Crippen LogP contribution in [0, 0.1) is 10.1 Å². The number of hydrogen-bond donors (Lipinski definition) is 1. The van der Waals surface area contributed by atoms with Crippen molar-refractivity contribution in [2.45, 2.75) is 37.9 Å². The highest BCUT2D eigenvalue weighted by molar-refractivity contribution is 6.09. The number of benzene rings is 2. The van der Waals surface area contributed by atoms with Crippen molar-refractivity contribution in [3.8, 4) is 5.75 Å². The molecule has 0 radical (unpaired) electrons. The zero-order valence-corrected chi connectivity index (χ0v) is 18.3. The van der Waals surface area contributed by atoms with Crippen LogP contribution in [0.1, 0.15) is 30.9 Å². The van der Waals surface area contributed by atoms with Crippen LogP contribution in [-0.4, -0.2) is 52.3 Å². The van der Waals surface area contributed by atoms with Gasteiger partial charge in [0.1, 0.15) is 17.8 Å². The van der Waals surface area contributed by atoms with E-state index < -0.39 is 28.9 Å². The number of urea groups is 1. The van der Waals surface area contributed by atoms with Crippen LogP contribution >= 0.6 is 0 Å². The number of nitrogens with zero attached hydrogens (tertiary/aromatic N) is 3. The minimum absolute atomic E-state index is 0.0727. The molecular formula is C23H24N4O6. The Kier molecular flexibility index (Phi) is 5.75. The average Bonchev–Trinajstić information content (AvgIpc) is 3.62. The maximum absolute atomic E-state index is 13.2. The van der Waals surface area contributed by atoms with Gasteiger partial charge in [0, 0.05) is 24.7 Å². The first kappa shape index (κ1) is 22.3. The van der Waals surface area contributed by atoms with Gasteiger partial charge in [0.15, 0.2) is 0 Å². The smallest absolute Gasteiger partial charge is 0.325 e. The number of imide groups is 1. The maximum Gasteiger partial charge on any atom is 0.325 e. The summed E-state index contributed by atoms with van der Waals surface area (Å²) in [5.41, 5.74) is -0.495. The molecule has 2 aliphatic rings. The number of ether oxygens (including phenoxy) is 1. The molecule has 1 atom stereocenters. The van der Waals surface area contributed by atoms with Gasteiger partial charge >= 0.3 is 6.03 Å². The van der Waals surface area contributed by atoms with E-state index in [0.717, 1.165) is 23.3 Å². The van der Waals surface area contributed by atoms with Gasteiger partial charge in [-0.2, -0.15) is 0 Å². The number of carbonyl (C=O) groups excluding carboxylic acids is 3. The first-order chi connectivity index (χ1) is 15.7. The normalized spacial score (nSPS) is 19.9. The molecule has 2 aromatic carbocycles. The van der Waals surface area contributed by atoms with Crippen LogP contribution in [0.15, 0.2) is 48.5 Å². The molecule has 172 valence electrons. The molecule has 10 nitrogen and oxygen atoms in total. The number of methoxy groups -OCH3 is 1. The SMILES string of the molecule is COc1ccc(CN(C(=O)CN2C(=O)NC(C)(c3cccc([N+](=O)[O-])c3)C2=O)C2CC2)cc1. The molecule has 1 saturated carbocycles. The van der Waals surface area contributed by atoms with Crippen molar-refractivity contribution in [1.29, 1.82) is 0 Å². The van der Waals surface area contributed by atoms with Gasteiger partial charge in [-0.05, 0) is 43.0 Å². The molecule has 0 spiro atoms. The van der Waals surface area contributed by atoms with Gasteiger partial charge in [0.2, 0.25) is 5.91 Å². The van der Waals surface area contributed by atoms with E-state index in [4.69, 9.17) is 4.74 Å². The Balaban J connectivity index is 1.51. The van der Waals surface area contributed by atoms with Gasteiger partial charge in [-0.3, -0.25) is 24.6 Å². The number of hydrogen-bond acceptors (Lipinski definition) is 6. The summed E-state index contributed by atoms with van der Waals surface area (Å²) in [7, 11) is 1.58. The van der Waals surface area contributed by atoms with Gasteiger partial charge < -0.3 is 15.0 Å². The van der Waals surface area contributed by atoms with Crippen LogP contribution in [-0.2, 0) is 21.7 Å². The molecule has 4 amide bonds. The number of rotatable bonds is 8. The zero-order valence-electron chi connectivity index (χ0n) is 18.3. The molecular weight excluding hydrogens is 428 g/mol. The molecule has 4 rings (SSSR count). The van der Waals surface area contributed by atoms with Crippen molar-refractivity contribution in [3.05, 3.63) is 69.8 Å². The summed E-state index contributed by atoms with van der Waals surface area (Å²) in [5, 5.41) is 13.7. The Morgan fingerprint density at radius 1 is 1.24 bits per heavy atom. The molecule has 1 heterocycles. The minimum Gasteiger partial charge on any atom is -0.497 e. The molecule has 1 saturated heterocycles. The summed E-state index contributed by atoms with van der Waals surface area (Å²) < 4.78 is 5.16. The number of nitro benzene ring substituents is 1. The minimum atomic E-state index is -1.50. The van der Waals surface area contributed by atoms with E-state index in [-0.39, 0.29) is 23.2 Å². The molecule has 1 aliphatic carbocycles. The predicted molar refractivity (Wildman–Crippen MR) is 117 cm³/mol. The topological polar surface area (TPSA) is 122 Å². The standard InChI is InChI=1S/C23H24N4O6/c1-23(16-4-3-5-18(12-16)27(31)32)21(29)26(22(30)24-23)14-20(28)25(17-8-9-17)13-15-6-10-19(33-2)11-7-15/h3-7,10-12,17H,8-9,13-14H2,1-2H3,(H,24,30). The summed E-state index contributed by atoms with van der Waals surface area (Å²) in [4.78, 5) is 52.1. The second-order valence-electron chi connectivity index (χ2n) is 8.35. The van der Waals surface area contributed by atoms with E-state index in [2.05, 4.69) is 5.32 Å². The van der Waals surface area contributed by atoms with Crippen molar-refractivity contribution in [2.75, 3.05) is 13.7 Å². The Morgan fingerprint density at radius 3 is 2.55 bits per heavy atom. The van der Waals surface area contributed by atoms with Crippen molar-refractivity contribution < 1.29 is 24.0 Å². The summed E-state index contributed by atoms with van der Waals surface area (Å²) >= 11 is 0. The van der Waals surface area contributed by atoms with Crippen LogP contribution < -0.4 is 10.1 Å². The van der Waals surface area contributed by atoms with E-state index in [1.54, 1.807) is 12.0 Å². The third kappa shape index (κ3) is 4.36. The number of nitrogens with one attached hydrogen (secondary N) is 1. The highest BCUT2D eigenvalue weighted by Gasteiger charge is 2.50. The molecule has 2 fully saturated rings. The second-order valence-corrected chi connectivity index (χ2v) is 8.35. The van der Waals surface area contributed by atoms with Crippen LogP contribution in [0.2, 0.25) is 0 Å². The fourth-order valence-corrected chi connectivity index (χ4v) is 3.93. The van der Waals surface area contributed by atoms with E-state index in [1.807, 2.05) is 24.3 Å². The van der Waals surface area contributed by atoms with Gasteiger partial charge in [-0.1, -0.05) is 24.3 Å². The van der Waals surface area contributed by atoms with Crippen LogP contribution in [0.5, 0.6) is 5.75 Å². The summed E-state index contributed by atoms with van der Waals surface area (Å²) in [6, 6.07) is 12.3. The third-order valence-electron chi connectivity index (χ3n) is 6.02. The summed E-state index contributed by atoms with van der Waals surface area (Å²) in [6.07, 6.45) is 1.74. The van der Waals surface area contributed by atoms with Crippen LogP contribution in [0.3, 0.4) is 0 Å². The van der Waals surface area contributed by atoms with Gasteiger partial charge in [0.25, 0.3) is 11.6 Å². The second kappa shape index (κ2) is 8.53. The van der Waals surface area contributed by atoms with E-state index >= 15 is 0 Å². The van der Waals surface area contributed by atoms with Gasteiger partial charge in [0.05, 0.1) is 12.0 Å². The molecule has 1 N–H and O–H groups in total. The van der Waals surface area contributed by atoms with Gasteiger partial charge in [-0.15, -0.1) is 0 Å². The highest BCUT2D eigenvalue weighted by atomic mass is 16.6. The molecule has 0 aromatic heterocycles. The molecule has 1 aliphatic heterocycles. The Bertz CT molecular complexity index is 1110. The predicted octanol–water partition coefficient (Wildman–Crippen LogP) is 2.56. The Labute approximate surface area is 190 Å². The average molecular weight is 452 g/mol. The summed E-state index contributed by atoms with van der Waals surface area (Å²) in [6.45, 7) is 1.44. The molecule has 10 heteroatoms. The fraction of sp³-hybridized carbons (Fsp3) is 0.348. The monoisotopic (exact) mass is 452 g/mol. The van der Waals surface area contributed by atoms with Crippen LogP contribution in [0.25, 0.3) is 0 Å². The van der Waals surface area contributed by atoms with E-state index in [1.165, 1.54) is 31.2 Å². The number of non-ortho nitro benzene ring substituents is 1. The van der Waals surface area contributed by atoms with Crippen LogP contribution in [0.4, 0.5) is 10.5 Å². The Morgan fingerprint density at radius 2 is 1.94 bits per heavy atom. The van der Waals surface area contributed by atoms with Crippen molar-refractivity contribution in [3.63, 3.8) is 0 Å². The number of carbonyl (C=O) groups is 3. The number of nitro groups is 1. The van der Waals surface area contributed by atoms with Crippen molar-refractivity contribution in [2.24, 2.45) is 0 Å². The highest BCUT2D eigenvalue weighted by Crippen LogP contribution is 2.32. The lowest BCUT2D eigenvalue weighted by Gasteiger charge is -2.25. The lowest BCUT2D eigenvalue weighted by molar-refractivity contribution is -0.385. The molecule has 2 aromatic rings. The lowest BCUT2D eigenvalue weighted by atomic mass is 9.91. The van der Waals surface area contributed by atoms with Crippen molar-refractivity contribution in [1.82, 2.24) is 15.1 Å². The Hall–Kier alpha value is -3.95. The first-order valence-corrected chi connectivity index (χ1v) is 10.5. The summed E-state index contributed by atoms with van der Waals surface area (Å²) in [5.74, 6) is -0.246. The largest absolute Gasteiger partial charge is 0.497 e. The fourth-order valence-electron chi connectivity index (χ4n) is 3.93. The number of amides is 4. The third-order valence-corrected chi connectivity index (χ3v) is 6.02. The zero-order chi connectivity index (χ0) is 23.8. The molecule has 33 heavy (non-hydrogen) atoms.